The largest absolute Gasteiger partial charge is 0.435 e. The highest BCUT2D eigenvalue weighted by Crippen LogP contribution is 2.41. The summed E-state index contributed by atoms with van der Waals surface area (Å²) < 4.78 is 29.8. The number of nitrogens with two attached hydrogens (primary N) is 1. The maximum Gasteiger partial charge on any atom is 0.387 e. The molecule has 3 rings (SSSR count). The Labute approximate surface area is 169 Å². The van der Waals surface area contributed by atoms with E-state index in [0.29, 0.717) is 16.7 Å². The van der Waals surface area contributed by atoms with Crippen molar-refractivity contribution in [1.29, 1.82) is 0 Å². The number of hydrogen-bond acceptors (Lipinski definition) is 4. The van der Waals surface area contributed by atoms with Crippen molar-refractivity contribution < 1.29 is 18.3 Å². The van der Waals surface area contributed by atoms with E-state index in [1.165, 1.54) is 11.0 Å². The van der Waals surface area contributed by atoms with Crippen LogP contribution in [0.15, 0.2) is 47.5 Å². The second-order valence-corrected chi connectivity index (χ2v) is 7.21. The standard InChI is InChI=1S/C22H25F2N3O2/c1-4-5-7-15-8-6-9-16(13-15)22(19(28)27(3)21(25)26-22)17-10-11-18(14(2)12-17)29-20(23)24/h6,8-13,20H,4-5,7H2,1-3H3,(H2,25,26). The number of aryl methyl sites for hydroxylation is 2. The summed E-state index contributed by atoms with van der Waals surface area (Å²) in [5.74, 6) is -0.115. The number of nitrogens with zero attached hydrogens (tertiary/aromatic N) is 2. The van der Waals surface area contributed by atoms with Crippen molar-refractivity contribution in [2.45, 2.75) is 45.3 Å². The van der Waals surface area contributed by atoms with Crippen LogP contribution in [0, 0.1) is 6.92 Å². The number of ether oxygens (including phenoxy) is 1. The number of carbonyl (C=O) groups excluding carboxylic acids is 1. The van der Waals surface area contributed by atoms with Crippen LogP contribution < -0.4 is 10.5 Å². The zero-order chi connectivity index (χ0) is 21.2. The number of rotatable bonds is 7. The predicted molar refractivity (Wildman–Crippen MR) is 108 cm³/mol. The molecule has 0 aliphatic carbocycles. The fourth-order valence-electron chi connectivity index (χ4n) is 3.62. The van der Waals surface area contributed by atoms with E-state index in [1.807, 2.05) is 24.3 Å². The quantitative estimate of drug-likeness (QED) is 0.763. The van der Waals surface area contributed by atoms with E-state index in [2.05, 4.69) is 16.7 Å². The fourth-order valence-corrected chi connectivity index (χ4v) is 3.62. The van der Waals surface area contributed by atoms with Crippen LogP contribution in [0.1, 0.15) is 42.0 Å². The average Bonchev–Trinajstić information content (AvgIpc) is 2.93. The second kappa shape index (κ2) is 8.19. The van der Waals surface area contributed by atoms with Gasteiger partial charge in [-0.25, -0.2) is 4.99 Å². The van der Waals surface area contributed by atoms with Gasteiger partial charge < -0.3 is 10.5 Å². The Morgan fingerprint density at radius 3 is 2.52 bits per heavy atom. The first-order chi connectivity index (χ1) is 13.8. The van der Waals surface area contributed by atoms with Crippen LogP contribution in [-0.2, 0) is 16.8 Å². The minimum Gasteiger partial charge on any atom is -0.435 e. The number of benzene rings is 2. The summed E-state index contributed by atoms with van der Waals surface area (Å²) in [4.78, 5) is 19.2. The first-order valence-electron chi connectivity index (χ1n) is 9.58. The van der Waals surface area contributed by atoms with E-state index in [-0.39, 0.29) is 17.6 Å². The van der Waals surface area contributed by atoms with Crippen molar-refractivity contribution >= 4 is 11.9 Å². The summed E-state index contributed by atoms with van der Waals surface area (Å²) in [6.07, 6.45) is 2.99. The van der Waals surface area contributed by atoms with Gasteiger partial charge in [-0.3, -0.25) is 9.69 Å². The van der Waals surface area contributed by atoms with E-state index >= 15 is 0 Å². The molecule has 29 heavy (non-hydrogen) atoms. The van der Waals surface area contributed by atoms with Crippen LogP contribution in [0.3, 0.4) is 0 Å². The molecule has 5 nitrogen and oxygen atoms in total. The summed E-state index contributed by atoms with van der Waals surface area (Å²) >= 11 is 0. The molecule has 1 aliphatic heterocycles. The lowest BCUT2D eigenvalue weighted by Gasteiger charge is -2.27. The van der Waals surface area contributed by atoms with Gasteiger partial charge >= 0.3 is 6.61 Å². The number of alkyl halides is 2. The second-order valence-electron chi connectivity index (χ2n) is 7.21. The highest BCUT2D eigenvalue weighted by atomic mass is 19.3. The Hall–Kier alpha value is -2.96. The molecule has 7 heteroatoms. The average molecular weight is 401 g/mol. The van der Waals surface area contributed by atoms with E-state index < -0.39 is 12.2 Å². The van der Waals surface area contributed by atoms with Gasteiger partial charge in [0.05, 0.1) is 0 Å². The Bertz CT molecular complexity index is 945. The molecular weight excluding hydrogens is 376 g/mol. The number of carbonyl (C=O) groups is 1. The molecule has 0 saturated carbocycles. The smallest absolute Gasteiger partial charge is 0.387 e. The lowest BCUT2D eigenvalue weighted by atomic mass is 9.81. The molecule has 1 heterocycles. The molecule has 0 fully saturated rings. The van der Waals surface area contributed by atoms with Gasteiger partial charge in [-0.1, -0.05) is 43.7 Å². The van der Waals surface area contributed by atoms with Crippen molar-refractivity contribution in [2.75, 3.05) is 7.05 Å². The third-order valence-electron chi connectivity index (χ3n) is 5.21. The van der Waals surface area contributed by atoms with Crippen molar-refractivity contribution in [1.82, 2.24) is 4.90 Å². The molecule has 1 aliphatic rings. The van der Waals surface area contributed by atoms with Crippen molar-refractivity contribution in [3.8, 4) is 5.75 Å². The summed E-state index contributed by atoms with van der Waals surface area (Å²) in [5.41, 5.74) is 7.50. The summed E-state index contributed by atoms with van der Waals surface area (Å²) in [6, 6.07) is 12.4. The Kier molecular flexibility index (Phi) is 5.86. The zero-order valence-corrected chi connectivity index (χ0v) is 16.8. The zero-order valence-electron chi connectivity index (χ0n) is 16.8. The molecule has 2 aromatic rings. The minimum absolute atomic E-state index is 0.0614. The Morgan fingerprint density at radius 1 is 1.21 bits per heavy atom. The number of aliphatic imine (C=N–C) groups is 1. The molecule has 0 radical (unpaired) electrons. The van der Waals surface area contributed by atoms with Crippen LogP contribution >= 0.6 is 0 Å². The van der Waals surface area contributed by atoms with Gasteiger partial charge in [-0.15, -0.1) is 0 Å². The van der Waals surface area contributed by atoms with Crippen LogP contribution in [0.2, 0.25) is 0 Å². The van der Waals surface area contributed by atoms with Gasteiger partial charge in [0.25, 0.3) is 5.91 Å². The Morgan fingerprint density at radius 2 is 1.93 bits per heavy atom. The van der Waals surface area contributed by atoms with E-state index in [0.717, 1.165) is 24.8 Å². The highest BCUT2D eigenvalue weighted by Gasteiger charge is 2.49. The number of amides is 1. The van der Waals surface area contributed by atoms with E-state index in [4.69, 9.17) is 5.73 Å². The van der Waals surface area contributed by atoms with Gasteiger partial charge in [-0.05, 0) is 54.2 Å². The van der Waals surface area contributed by atoms with Gasteiger partial charge in [0.15, 0.2) is 11.5 Å². The molecule has 2 aromatic carbocycles. The number of guanidine groups is 1. The molecule has 1 amide bonds. The molecule has 154 valence electrons. The maximum atomic E-state index is 13.3. The SMILES string of the molecule is CCCCc1cccc(C2(c3ccc(OC(F)F)c(C)c3)N=C(N)N(C)C2=O)c1. The minimum atomic E-state index is -2.92. The van der Waals surface area contributed by atoms with Gasteiger partial charge in [-0.2, -0.15) is 8.78 Å². The predicted octanol–water partition coefficient (Wildman–Crippen LogP) is 3.97. The molecule has 0 bridgehead atoms. The number of unbranched alkanes of at least 4 members (excludes halogenated alkanes) is 1. The molecular formula is C22H25F2N3O2. The van der Waals surface area contributed by atoms with E-state index in [1.54, 1.807) is 26.1 Å². The van der Waals surface area contributed by atoms with Crippen molar-refractivity contribution in [3.63, 3.8) is 0 Å². The molecule has 0 aromatic heterocycles. The third-order valence-corrected chi connectivity index (χ3v) is 5.21. The molecule has 1 unspecified atom stereocenters. The molecule has 1 atom stereocenters. The van der Waals surface area contributed by atoms with Crippen LogP contribution in [0.25, 0.3) is 0 Å². The van der Waals surface area contributed by atoms with Gasteiger partial charge in [0, 0.05) is 7.05 Å². The lowest BCUT2D eigenvalue weighted by molar-refractivity contribution is -0.129. The van der Waals surface area contributed by atoms with Crippen molar-refractivity contribution in [2.24, 2.45) is 10.7 Å². The van der Waals surface area contributed by atoms with Gasteiger partial charge in [0.1, 0.15) is 5.75 Å². The monoisotopic (exact) mass is 401 g/mol. The van der Waals surface area contributed by atoms with Gasteiger partial charge in [0.2, 0.25) is 0 Å². The van der Waals surface area contributed by atoms with E-state index in [9.17, 15) is 13.6 Å². The normalized spacial score (nSPS) is 19.0. The third kappa shape index (κ3) is 3.81. The van der Waals surface area contributed by atoms with Crippen LogP contribution in [0.4, 0.5) is 8.78 Å². The fraction of sp³-hybridized carbons (Fsp3) is 0.364. The summed E-state index contributed by atoms with van der Waals surface area (Å²) in [7, 11) is 1.57. The summed E-state index contributed by atoms with van der Waals surface area (Å²) in [5, 5.41) is 0. The lowest BCUT2D eigenvalue weighted by Crippen LogP contribution is -2.41. The van der Waals surface area contributed by atoms with Crippen LogP contribution in [0.5, 0.6) is 5.75 Å². The first kappa shape index (κ1) is 20.8. The number of likely N-dealkylation sites (N-methyl/N-ethyl adjacent to an activating group) is 1. The molecule has 0 spiro atoms. The summed E-state index contributed by atoms with van der Waals surface area (Å²) in [6.45, 7) is 0.858. The highest BCUT2D eigenvalue weighted by molar-refractivity contribution is 6.08. The number of halogens is 2. The molecule has 2 N–H and O–H groups in total. The Balaban J connectivity index is 2.15. The number of hydrogen-bond donors (Lipinski definition) is 1. The van der Waals surface area contributed by atoms with Crippen LogP contribution in [-0.4, -0.2) is 30.4 Å². The first-order valence-corrected chi connectivity index (χ1v) is 9.58. The molecule has 0 saturated heterocycles. The topological polar surface area (TPSA) is 67.9 Å². The maximum absolute atomic E-state index is 13.3. The van der Waals surface area contributed by atoms with Crippen molar-refractivity contribution in [3.05, 3.63) is 64.7 Å².